The number of nitrogens with zero attached hydrogens (tertiary/aromatic N) is 2. The Balaban J connectivity index is 1.48. The van der Waals surface area contributed by atoms with Crippen molar-refractivity contribution in [3.63, 3.8) is 0 Å². The van der Waals surface area contributed by atoms with Gasteiger partial charge in [0, 0.05) is 24.8 Å². The zero-order valence-corrected chi connectivity index (χ0v) is 13.0. The second-order valence-corrected chi connectivity index (χ2v) is 6.87. The van der Waals surface area contributed by atoms with Gasteiger partial charge < -0.3 is 9.80 Å². The predicted octanol–water partition coefficient (Wildman–Crippen LogP) is 2.22. The van der Waals surface area contributed by atoms with Crippen LogP contribution in [0.15, 0.2) is 24.3 Å². The topological polar surface area (TPSA) is 40.6 Å². The van der Waals surface area contributed by atoms with Crippen LogP contribution < -0.4 is 4.90 Å². The molecule has 2 heterocycles. The van der Waals surface area contributed by atoms with Crippen molar-refractivity contribution in [2.24, 2.45) is 11.8 Å². The minimum Gasteiger partial charge on any atom is -0.342 e. The van der Waals surface area contributed by atoms with E-state index in [1.165, 1.54) is 5.56 Å². The second kappa shape index (κ2) is 5.11. The van der Waals surface area contributed by atoms with Gasteiger partial charge in [-0.2, -0.15) is 0 Å². The lowest BCUT2D eigenvalue weighted by molar-refractivity contribution is -0.133. The lowest BCUT2D eigenvalue weighted by Gasteiger charge is -2.23. The van der Waals surface area contributed by atoms with Crippen LogP contribution in [0.2, 0.25) is 0 Å². The van der Waals surface area contributed by atoms with E-state index in [1.54, 1.807) is 0 Å². The molecule has 1 saturated carbocycles. The van der Waals surface area contributed by atoms with E-state index in [1.807, 2.05) is 28.0 Å². The monoisotopic (exact) mass is 298 g/mol. The molecule has 2 aliphatic heterocycles. The summed E-state index contributed by atoms with van der Waals surface area (Å²) >= 11 is 0. The summed E-state index contributed by atoms with van der Waals surface area (Å²) in [6, 6.07) is 8.33. The highest BCUT2D eigenvalue weighted by Crippen LogP contribution is 2.44. The van der Waals surface area contributed by atoms with Crippen LogP contribution in [0.1, 0.15) is 31.7 Å². The van der Waals surface area contributed by atoms with Gasteiger partial charge in [-0.25, -0.2) is 0 Å². The van der Waals surface area contributed by atoms with Gasteiger partial charge in [0.2, 0.25) is 11.8 Å². The number of carbonyl (C=O) groups excluding carboxylic acids is 2. The van der Waals surface area contributed by atoms with Crippen molar-refractivity contribution in [1.82, 2.24) is 4.90 Å². The number of fused-ring (bicyclic) bond motifs is 1. The van der Waals surface area contributed by atoms with E-state index in [2.05, 4.69) is 13.0 Å². The molecule has 3 aliphatic rings. The first kappa shape index (κ1) is 13.8. The third-order valence-electron chi connectivity index (χ3n) is 5.29. The van der Waals surface area contributed by atoms with Crippen molar-refractivity contribution in [3.05, 3.63) is 29.8 Å². The van der Waals surface area contributed by atoms with Gasteiger partial charge in [-0.1, -0.05) is 18.2 Å². The molecule has 2 amide bonds. The maximum Gasteiger partial charge on any atom is 0.231 e. The van der Waals surface area contributed by atoms with Crippen molar-refractivity contribution >= 4 is 17.5 Å². The van der Waals surface area contributed by atoms with Gasteiger partial charge in [0.05, 0.1) is 11.8 Å². The molecule has 4 nitrogen and oxygen atoms in total. The van der Waals surface area contributed by atoms with Gasteiger partial charge in [-0.15, -0.1) is 0 Å². The third-order valence-corrected chi connectivity index (χ3v) is 5.29. The zero-order chi connectivity index (χ0) is 15.3. The molecule has 0 N–H and O–H groups in total. The van der Waals surface area contributed by atoms with E-state index in [0.29, 0.717) is 0 Å². The Morgan fingerprint density at radius 3 is 2.50 bits per heavy atom. The minimum absolute atomic E-state index is 0.0643. The second-order valence-electron chi connectivity index (χ2n) is 6.87. The van der Waals surface area contributed by atoms with Crippen LogP contribution in [0.25, 0.3) is 0 Å². The van der Waals surface area contributed by atoms with Crippen LogP contribution in [-0.4, -0.2) is 35.8 Å². The number of rotatable bonds is 2. The average molecular weight is 298 g/mol. The van der Waals surface area contributed by atoms with Gasteiger partial charge in [0.15, 0.2) is 0 Å². The first-order chi connectivity index (χ1) is 10.7. The highest BCUT2D eigenvalue weighted by atomic mass is 16.2. The molecule has 4 rings (SSSR count). The molecule has 1 aliphatic carbocycles. The number of hydrogen-bond donors (Lipinski definition) is 0. The molecule has 0 aromatic heterocycles. The summed E-state index contributed by atoms with van der Waals surface area (Å²) < 4.78 is 0. The van der Waals surface area contributed by atoms with Crippen molar-refractivity contribution < 1.29 is 9.59 Å². The van der Waals surface area contributed by atoms with Crippen molar-refractivity contribution in [1.29, 1.82) is 0 Å². The smallest absolute Gasteiger partial charge is 0.231 e. The molecule has 1 aromatic carbocycles. The maximum atomic E-state index is 12.9. The quantitative estimate of drug-likeness (QED) is 0.840. The van der Waals surface area contributed by atoms with Crippen LogP contribution >= 0.6 is 0 Å². The van der Waals surface area contributed by atoms with Gasteiger partial charge in [-0.05, 0) is 44.2 Å². The predicted molar refractivity (Wildman–Crippen MR) is 84.5 cm³/mol. The number of carbonyl (C=O) groups is 2. The van der Waals surface area contributed by atoms with E-state index in [9.17, 15) is 9.59 Å². The first-order valence-corrected chi connectivity index (χ1v) is 8.36. The molecule has 0 spiro atoms. The maximum absolute atomic E-state index is 12.9. The molecule has 116 valence electrons. The number of anilines is 1. The fraction of sp³-hybridized carbons (Fsp3) is 0.556. The largest absolute Gasteiger partial charge is 0.342 e. The molecule has 2 fully saturated rings. The summed E-state index contributed by atoms with van der Waals surface area (Å²) in [4.78, 5) is 29.2. The van der Waals surface area contributed by atoms with E-state index >= 15 is 0 Å². The molecule has 0 radical (unpaired) electrons. The van der Waals surface area contributed by atoms with Crippen LogP contribution in [-0.2, 0) is 16.0 Å². The van der Waals surface area contributed by atoms with Crippen LogP contribution in [0.5, 0.6) is 0 Å². The number of likely N-dealkylation sites (tertiary alicyclic amines) is 1. The van der Waals surface area contributed by atoms with Gasteiger partial charge in [0.1, 0.15) is 0 Å². The summed E-state index contributed by atoms with van der Waals surface area (Å²) in [6.07, 6.45) is 3.86. The highest BCUT2D eigenvalue weighted by Gasteiger charge is 2.52. The van der Waals surface area contributed by atoms with E-state index < -0.39 is 0 Å². The summed E-state index contributed by atoms with van der Waals surface area (Å²) in [7, 11) is 0. The SMILES string of the molecule is CC1Cc2ccccc2N1C(=O)C1CC1C(=O)N1CCCC1. The number of benzene rings is 1. The molecular formula is C18H22N2O2. The van der Waals surface area contributed by atoms with Crippen molar-refractivity contribution in [2.75, 3.05) is 18.0 Å². The molecule has 3 unspecified atom stereocenters. The van der Waals surface area contributed by atoms with E-state index in [4.69, 9.17) is 0 Å². The molecule has 3 atom stereocenters. The third kappa shape index (κ3) is 2.13. The summed E-state index contributed by atoms with van der Waals surface area (Å²) in [5.41, 5.74) is 2.28. The fourth-order valence-corrected chi connectivity index (χ4v) is 3.99. The van der Waals surface area contributed by atoms with Crippen molar-refractivity contribution in [2.45, 2.75) is 38.6 Å². The molecule has 22 heavy (non-hydrogen) atoms. The zero-order valence-electron chi connectivity index (χ0n) is 13.0. The summed E-state index contributed by atoms with van der Waals surface area (Å²) in [5, 5.41) is 0. The van der Waals surface area contributed by atoms with Gasteiger partial charge in [-0.3, -0.25) is 9.59 Å². The molecule has 1 aromatic rings. The normalized spacial score (nSPS) is 29.6. The Kier molecular flexibility index (Phi) is 3.21. The summed E-state index contributed by atoms with van der Waals surface area (Å²) in [6.45, 7) is 3.84. The van der Waals surface area contributed by atoms with Crippen LogP contribution in [0.3, 0.4) is 0 Å². The van der Waals surface area contributed by atoms with E-state index in [0.717, 1.165) is 44.5 Å². The Hall–Kier alpha value is -1.84. The van der Waals surface area contributed by atoms with Crippen molar-refractivity contribution in [3.8, 4) is 0 Å². The molecule has 0 bridgehead atoms. The minimum atomic E-state index is -0.0956. The molecular weight excluding hydrogens is 276 g/mol. The van der Waals surface area contributed by atoms with Gasteiger partial charge in [0.25, 0.3) is 0 Å². The fourth-order valence-electron chi connectivity index (χ4n) is 3.99. The lowest BCUT2D eigenvalue weighted by Crippen LogP contribution is -2.38. The Morgan fingerprint density at radius 2 is 1.73 bits per heavy atom. The van der Waals surface area contributed by atoms with Crippen LogP contribution in [0.4, 0.5) is 5.69 Å². The first-order valence-electron chi connectivity index (χ1n) is 8.36. The average Bonchev–Trinajstić information content (AvgIpc) is 2.98. The Bertz CT molecular complexity index is 621. The van der Waals surface area contributed by atoms with E-state index in [-0.39, 0.29) is 29.7 Å². The number of amides is 2. The number of hydrogen-bond acceptors (Lipinski definition) is 2. The molecule has 1 saturated heterocycles. The number of para-hydroxylation sites is 1. The lowest BCUT2D eigenvalue weighted by atomic mass is 10.1. The van der Waals surface area contributed by atoms with Gasteiger partial charge >= 0.3 is 0 Å². The van der Waals surface area contributed by atoms with Crippen LogP contribution in [0, 0.1) is 11.8 Å². The highest BCUT2D eigenvalue weighted by molar-refractivity contribution is 6.02. The summed E-state index contributed by atoms with van der Waals surface area (Å²) in [5.74, 6) is 0.193. The Morgan fingerprint density at radius 1 is 1.05 bits per heavy atom. The Labute approximate surface area is 131 Å². The molecule has 4 heteroatoms. The standard InChI is InChI=1S/C18H22N2O2/c1-12-10-13-6-2-3-7-16(13)20(12)18(22)15-11-14(15)17(21)19-8-4-5-9-19/h2-3,6-7,12,14-15H,4-5,8-11H2,1H3.